The van der Waals surface area contributed by atoms with Crippen molar-refractivity contribution in [3.63, 3.8) is 0 Å². The van der Waals surface area contributed by atoms with E-state index in [9.17, 15) is 4.39 Å². The Hall–Kier alpha value is -1.88. The second kappa shape index (κ2) is 4.66. The maximum atomic E-state index is 13.0. The lowest BCUT2D eigenvalue weighted by atomic mass is 10.1. The van der Waals surface area contributed by atoms with Crippen LogP contribution in [0, 0.1) is 6.08 Å². The number of nitrogens with one attached hydrogen (secondary N) is 1. The van der Waals surface area contributed by atoms with Crippen LogP contribution >= 0.6 is 11.6 Å². The van der Waals surface area contributed by atoms with Crippen molar-refractivity contribution in [3.05, 3.63) is 41.1 Å². The Bertz CT molecular complexity index is 632. The number of hydrogen-bond acceptors (Lipinski definition) is 4. The number of benzene rings is 1. The minimum Gasteiger partial charge on any atom is -0.374 e. The normalized spacial score (nSPS) is 13.5. The molecule has 4 nitrogen and oxygen atoms in total. The summed E-state index contributed by atoms with van der Waals surface area (Å²) in [6, 6.07) is 6.00. The summed E-state index contributed by atoms with van der Waals surface area (Å²) in [6.45, 7) is 1.02. The van der Waals surface area contributed by atoms with E-state index in [1.807, 2.05) is 18.2 Å². The molecule has 1 aromatic carbocycles. The third kappa shape index (κ3) is 2.33. The van der Waals surface area contributed by atoms with Gasteiger partial charge in [-0.05, 0) is 30.2 Å². The molecule has 0 atom stereocenters. The molecule has 0 aliphatic carbocycles. The molecule has 1 aliphatic heterocycles. The molecule has 0 amide bonds. The van der Waals surface area contributed by atoms with Crippen LogP contribution in [0.1, 0.15) is 5.56 Å². The minimum atomic E-state index is -0.798. The van der Waals surface area contributed by atoms with Crippen LogP contribution in [-0.4, -0.2) is 23.6 Å². The van der Waals surface area contributed by atoms with Crippen molar-refractivity contribution in [2.45, 2.75) is 6.42 Å². The van der Waals surface area contributed by atoms with Crippen molar-refractivity contribution >= 4 is 28.8 Å². The van der Waals surface area contributed by atoms with Crippen molar-refractivity contribution in [2.24, 2.45) is 0 Å². The molecule has 0 bridgehead atoms. The standard InChI is InChI=1S/C13H12ClFN4/c1-19-5-4-8-6-9(2-3-11(8)19)17-12-10(14)7-16-13(15)18-12/h2-3,6-7H,4-5H2,1H3,(H,16,17,18). The third-order valence-corrected chi connectivity index (χ3v) is 3.46. The quantitative estimate of drug-likeness (QED) is 0.858. The predicted molar refractivity (Wildman–Crippen MR) is 73.7 cm³/mol. The number of hydrogen-bond donors (Lipinski definition) is 1. The summed E-state index contributed by atoms with van der Waals surface area (Å²) < 4.78 is 13.0. The van der Waals surface area contributed by atoms with E-state index in [0.717, 1.165) is 18.7 Å². The lowest BCUT2D eigenvalue weighted by Crippen LogP contribution is -2.12. The van der Waals surface area contributed by atoms with Gasteiger partial charge in [-0.3, -0.25) is 0 Å². The van der Waals surface area contributed by atoms with Gasteiger partial charge in [0.05, 0.1) is 6.20 Å². The Kier molecular flexibility index (Phi) is 2.98. The molecule has 3 rings (SSSR count). The van der Waals surface area contributed by atoms with Crippen LogP contribution in [0.4, 0.5) is 21.6 Å². The van der Waals surface area contributed by atoms with Gasteiger partial charge in [0.25, 0.3) is 0 Å². The van der Waals surface area contributed by atoms with Gasteiger partial charge >= 0.3 is 6.08 Å². The molecule has 0 spiro atoms. The van der Waals surface area contributed by atoms with Crippen molar-refractivity contribution in [3.8, 4) is 0 Å². The summed E-state index contributed by atoms with van der Waals surface area (Å²) in [4.78, 5) is 9.24. The van der Waals surface area contributed by atoms with Gasteiger partial charge in [-0.2, -0.15) is 9.37 Å². The summed E-state index contributed by atoms with van der Waals surface area (Å²) in [7, 11) is 2.07. The number of rotatable bonds is 2. The van der Waals surface area contributed by atoms with Crippen LogP contribution in [0.25, 0.3) is 0 Å². The van der Waals surface area contributed by atoms with Crippen molar-refractivity contribution < 1.29 is 4.39 Å². The molecule has 6 heteroatoms. The van der Waals surface area contributed by atoms with E-state index in [1.54, 1.807) is 0 Å². The Morgan fingerprint density at radius 1 is 1.42 bits per heavy atom. The Morgan fingerprint density at radius 3 is 3.11 bits per heavy atom. The first-order valence-corrected chi connectivity index (χ1v) is 6.30. The SMILES string of the molecule is CN1CCc2cc(Nc3nc(F)ncc3Cl)ccc21. The van der Waals surface area contributed by atoms with Crippen LogP contribution in [0.5, 0.6) is 0 Å². The largest absolute Gasteiger partial charge is 0.374 e. The van der Waals surface area contributed by atoms with Gasteiger partial charge in [-0.25, -0.2) is 4.98 Å². The molecule has 0 saturated heterocycles. The molecule has 2 aromatic rings. The van der Waals surface area contributed by atoms with E-state index in [0.29, 0.717) is 5.02 Å². The van der Waals surface area contributed by atoms with Crippen LogP contribution in [0.3, 0.4) is 0 Å². The van der Waals surface area contributed by atoms with E-state index in [-0.39, 0.29) is 5.82 Å². The number of halogens is 2. The summed E-state index contributed by atoms with van der Waals surface area (Å²) in [6.07, 6.45) is 1.45. The van der Waals surface area contributed by atoms with Gasteiger partial charge in [-0.15, -0.1) is 0 Å². The van der Waals surface area contributed by atoms with E-state index < -0.39 is 6.08 Å². The molecule has 1 aliphatic rings. The predicted octanol–water partition coefficient (Wildman–Crippen LogP) is 3.01. The zero-order chi connectivity index (χ0) is 13.4. The van der Waals surface area contributed by atoms with Gasteiger partial charge in [0.2, 0.25) is 0 Å². The Morgan fingerprint density at radius 2 is 2.26 bits per heavy atom. The second-order valence-corrected chi connectivity index (χ2v) is 4.88. The number of aromatic nitrogens is 2. The maximum absolute atomic E-state index is 13.0. The molecule has 98 valence electrons. The second-order valence-electron chi connectivity index (χ2n) is 4.48. The van der Waals surface area contributed by atoms with E-state index in [4.69, 9.17) is 11.6 Å². The fraction of sp³-hybridized carbons (Fsp3) is 0.231. The molecule has 1 N–H and O–H groups in total. The Balaban J connectivity index is 1.90. The first-order chi connectivity index (χ1) is 9.13. The van der Waals surface area contributed by atoms with Crippen LogP contribution in [0.15, 0.2) is 24.4 Å². The zero-order valence-electron chi connectivity index (χ0n) is 10.3. The number of nitrogens with zero attached hydrogens (tertiary/aromatic N) is 3. The first-order valence-electron chi connectivity index (χ1n) is 5.92. The first kappa shape index (κ1) is 12.2. The lowest BCUT2D eigenvalue weighted by Gasteiger charge is -2.13. The molecule has 0 unspecified atom stereocenters. The molecule has 0 fully saturated rings. The molecule has 1 aromatic heterocycles. The zero-order valence-corrected chi connectivity index (χ0v) is 11.1. The molecular formula is C13H12ClFN4. The molecule has 0 saturated carbocycles. The van der Waals surface area contributed by atoms with Crippen molar-refractivity contribution in [1.29, 1.82) is 0 Å². The highest BCUT2D eigenvalue weighted by Gasteiger charge is 2.16. The highest BCUT2D eigenvalue weighted by Crippen LogP contribution is 2.31. The summed E-state index contributed by atoms with van der Waals surface area (Å²) in [5.74, 6) is 0.278. The minimum absolute atomic E-state index is 0.278. The highest BCUT2D eigenvalue weighted by molar-refractivity contribution is 6.32. The molecule has 19 heavy (non-hydrogen) atoms. The third-order valence-electron chi connectivity index (χ3n) is 3.18. The van der Waals surface area contributed by atoms with Gasteiger partial charge in [0, 0.05) is 25.0 Å². The molecule has 0 radical (unpaired) electrons. The average Bonchev–Trinajstić information content (AvgIpc) is 2.75. The molecular weight excluding hydrogens is 267 g/mol. The maximum Gasteiger partial charge on any atom is 0.310 e. The van der Waals surface area contributed by atoms with Crippen LogP contribution < -0.4 is 10.2 Å². The van der Waals surface area contributed by atoms with Gasteiger partial charge in [-0.1, -0.05) is 11.6 Å². The monoisotopic (exact) mass is 278 g/mol. The number of fused-ring (bicyclic) bond motifs is 1. The molecule has 2 heterocycles. The van der Waals surface area contributed by atoms with Crippen molar-refractivity contribution in [2.75, 3.05) is 23.8 Å². The van der Waals surface area contributed by atoms with Gasteiger partial charge < -0.3 is 10.2 Å². The lowest BCUT2D eigenvalue weighted by molar-refractivity contribution is 0.540. The van der Waals surface area contributed by atoms with E-state index in [1.165, 1.54) is 17.4 Å². The fourth-order valence-electron chi connectivity index (χ4n) is 2.21. The van der Waals surface area contributed by atoms with Gasteiger partial charge in [0.1, 0.15) is 5.02 Å². The topological polar surface area (TPSA) is 41.0 Å². The summed E-state index contributed by atoms with van der Waals surface area (Å²) in [5.41, 5.74) is 3.33. The Labute approximate surface area is 115 Å². The van der Waals surface area contributed by atoms with E-state index >= 15 is 0 Å². The van der Waals surface area contributed by atoms with Gasteiger partial charge in [0.15, 0.2) is 5.82 Å². The average molecular weight is 279 g/mol. The highest BCUT2D eigenvalue weighted by atomic mass is 35.5. The smallest absolute Gasteiger partial charge is 0.310 e. The van der Waals surface area contributed by atoms with Crippen LogP contribution in [0.2, 0.25) is 5.02 Å². The summed E-state index contributed by atoms with van der Waals surface area (Å²) in [5, 5.41) is 3.31. The van der Waals surface area contributed by atoms with E-state index in [2.05, 4.69) is 27.2 Å². The van der Waals surface area contributed by atoms with Crippen LogP contribution in [-0.2, 0) is 6.42 Å². The fourth-order valence-corrected chi connectivity index (χ4v) is 2.35. The van der Waals surface area contributed by atoms with Crippen molar-refractivity contribution in [1.82, 2.24) is 9.97 Å². The number of likely N-dealkylation sites (N-methyl/N-ethyl adjacent to an activating group) is 1. The number of anilines is 3. The summed E-state index contributed by atoms with van der Waals surface area (Å²) >= 11 is 5.92.